The van der Waals surface area contributed by atoms with Gasteiger partial charge < -0.3 is 25.8 Å². The van der Waals surface area contributed by atoms with Crippen LogP contribution in [0, 0.1) is 3.57 Å². The summed E-state index contributed by atoms with van der Waals surface area (Å²) in [6.07, 6.45) is -2.59. The van der Waals surface area contributed by atoms with E-state index < -0.39 is 24.4 Å². The summed E-state index contributed by atoms with van der Waals surface area (Å²) in [6.45, 7) is -0.369. The van der Waals surface area contributed by atoms with Crippen LogP contribution in [0.4, 0.5) is 5.82 Å². The zero-order valence-corrected chi connectivity index (χ0v) is 12.4. The Morgan fingerprint density at radius 3 is 2.80 bits per heavy atom. The van der Waals surface area contributed by atoms with Crippen molar-refractivity contribution in [1.82, 2.24) is 14.6 Å². The molecule has 0 aromatic carbocycles. The average molecular weight is 392 g/mol. The predicted molar refractivity (Wildman–Crippen MR) is 76.8 cm³/mol. The Morgan fingerprint density at radius 2 is 2.15 bits per heavy atom. The molecule has 0 aliphatic carbocycles. The van der Waals surface area contributed by atoms with Crippen LogP contribution in [0.25, 0.3) is 5.52 Å². The standard InChI is InChI=1S/C11H13IN4O4/c12-4-1-5(16-7(4)11(13)14-3-15-16)10-9(19)8(18)6(2-17)20-10/h1,3,6,8-10,17-19H,2H2,(H2,13,14,15)/t6-,8-,9-,10?/m1/s1. The number of aliphatic hydroxyl groups is 3. The summed E-state index contributed by atoms with van der Waals surface area (Å²) < 4.78 is 7.85. The second-order valence-corrected chi connectivity index (χ2v) is 5.74. The third-order valence-corrected chi connectivity index (χ3v) is 4.22. The van der Waals surface area contributed by atoms with E-state index >= 15 is 0 Å². The lowest BCUT2D eigenvalue weighted by atomic mass is 10.1. The van der Waals surface area contributed by atoms with Crippen LogP contribution >= 0.6 is 22.6 Å². The molecular weight excluding hydrogens is 379 g/mol. The molecule has 2 aromatic heterocycles. The Kier molecular flexibility index (Phi) is 3.54. The third-order valence-electron chi connectivity index (χ3n) is 3.40. The number of fused-ring (bicyclic) bond motifs is 1. The van der Waals surface area contributed by atoms with E-state index in [2.05, 4.69) is 32.7 Å². The molecule has 108 valence electrons. The molecule has 0 radical (unpaired) electrons. The van der Waals surface area contributed by atoms with E-state index in [-0.39, 0.29) is 6.61 Å². The highest BCUT2D eigenvalue weighted by atomic mass is 127. The number of aromatic nitrogens is 3. The molecule has 1 fully saturated rings. The van der Waals surface area contributed by atoms with Gasteiger partial charge in [-0.25, -0.2) is 9.50 Å². The van der Waals surface area contributed by atoms with Gasteiger partial charge in [0, 0.05) is 3.57 Å². The molecule has 3 rings (SSSR count). The van der Waals surface area contributed by atoms with Gasteiger partial charge in [-0.15, -0.1) is 0 Å². The number of aliphatic hydroxyl groups excluding tert-OH is 3. The van der Waals surface area contributed by atoms with Gasteiger partial charge >= 0.3 is 0 Å². The number of nitrogens with two attached hydrogens (primary N) is 1. The molecule has 1 saturated heterocycles. The summed E-state index contributed by atoms with van der Waals surface area (Å²) in [5.41, 5.74) is 7.00. The van der Waals surface area contributed by atoms with Crippen LogP contribution in [-0.4, -0.2) is 54.8 Å². The average Bonchev–Trinajstić information content (AvgIpc) is 2.90. The van der Waals surface area contributed by atoms with E-state index in [0.717, 1.165) is 3.57 Å². The number of nitrogen functional groups attached to an aromatic ring is 1. The van der Waals surface area contributed by atoms with Gasteiger partial charge in [0.1, 0.15) is 36.3 Å². The summed E-state index contributed by atoms with van der Waals surface area (Å²) in [5.74, 6) is 0.322. The van der Waals surface area contributed by atoms with Gasteiger partial charge in [-0.3, -0.25) is 0 Å². The lowest BCUT2D eigenvalue weighted by Gasteiger charge is -2.14. The normalized spacial score (nSPS) is 30.2. The summed E-state index contributed by atoms with van der Waals surface area (Å²) in [4.78, 5) is 3.92. The smallest absolute Gasteiger partial charge is 0.152 e. The van der Waals surface area contributed by atoms with Crippen molar-refractivity contribution >= 4 is 33.9 Å². The molecule has 2 aromatic rings. The van der Waals surface area contributed by atoms with Crippen LogP contribution in [0.15, 0.2) is 12.4 Å². The van der Waals surface area contributed by atoms with Crippen molar-refractivity contribution in [3.8, 4) is 0 Å². The van der Waals surface area contributed by atoms with Gasteiger partial charge in [-0.2, -0.15) is 5.10 Å². The molecule has 20 heavy (non-hydrogen) atoms. The zero-order chi connectivity index (χ0) is 14.4. The Balaban J connectivity index is 2.10. The summed E-state index contributed by atoms with van der Waals surface area (Å²) in [7, 11) is 0. The molecule has 8 nitrogen and oxygen atoms in total. The quantitative estimate of drug-likeness (QED) is 0.487. The van der Waals surface area contributed by atoms with Crippen molar-refractivity contribution in [2.75, 3.05) is 12.3 Å². The number of nitrogens with zero attached hydrogens (tertiary/aromatic N) is 3. The van der Waals surface area contributed by atoms with Crippen molar-refractivity contribution in [3.05, 3.63) is 21.7 Å². The van der Waals surface area contributed by atoms with Crippen molar-refractivity contribution in [2.24, 2.45) is 0 Å². The molecule has 0 bridgehead atoms. The summed E-state index contributed by atoms with van der Waals surface area (Å²) >= 11 is 2.09. The molecule has 1 unspecified atom stereocenters. The predicted octanol–water partition coefficient (Wildman–Crippen LogP) is -0.930. The van der Waals surface area contributed by atoms with Crippen molar-refractivity contribution in [2.45, 2.75) is 24.4 Å². The largest absolute Gasteiger partial charge is 0.394 e. The SMILES string of the molecule is Nc1ncnn2c(C3O[C@H](CO)[C@@H](O)[C@H]3O)cc(I)c12. The van der Waals surface area contributed by atoms with Gasteiger partial charge in [-0.05, 0) is 28.7 Å². The van der Waals surface area contributed by atoms with Gasteiger partial charge in [0.2, 0.25) is 0 Å². The Hall–Kier alpha value is -1.01. The minimum absolute atomic E-state index is 0.322. The highest BCUT2D eigenvalue weighted by molar-refractivity contribution is 14.1. The third kappa shape index (κ3) is 1.97. The van der Waals surface area contributed by atoms with Crippen LogP contribution in [0.2, 0.25) is 0 Å². The number of anilines is 1. The van der Waals surface area contributed by atoms with E-state index in [9.17, 15) is 10.2 Å². The molecule has 1 aliphatic rings. The molecule has 3 heterocycles. The summed E-state index contributed by atoms with van der Waals surface area (Å²) in [5, 5.41) is 33.1. The fourth-order valence-electron chi connectivity index (χ4n) is 2.39. The topological polar surface area (TPSA) is 126 Å². The van der Waals surface area contributed by atoms with Gasteiger partial charge in [0.15, 0.2) is 5.82 Å². The van der Waals surface area contributed by atoms with Gasteiger partial charge in [0.05, 0.1) is 12.3 Å². The van der Waals surface area contributed by atoms with E-state index in [0.29, 0.717) is 17.0 Å². The maximum atomic E-state index is 10.1. The summed E-state index contributed by atoms with van der Waals surface area (Å²) in [6, 6.07) is 1.77. The fourth-order valence-corrected chi connectivity index (χ4v) is 3.22. The molecule has 0 amide bonds. The first-order valence-electron chi connectivity index (χ1n) is 5.94. The van der Waals surface area contributed by atoms with Crippen molar-refractivity contribution in [1.29, 1.82) is 0 Å². The maximum Gasteiger partial charge on any atom is 0.152 e. The molecule has 9 heteroatoms. The highest BCUT2D eigenvalue weighted by Crippen LogP contribution is 2.36. The number of hydrogen-bond donors (Lipinski definition) is 4. The van der Waals surface area contributed by atoms with Crippen LogP contribution in [0.1, 0.15) is 11.8 Å². The van der Waals surface area contributed by atoms with Crippen LogP contribution in [0.5, 0.6) is 0 Å². The van der Waals surface area contributed by atoms with Crippen LogP contribution in [-0.2, 0) is 4.74 Å². The fraction of sp³-hybridized carbons (Fsp3) is 0.455. The number of ether oxygens (including phenoxy) is 1. The van der Waals surface area contributed by atoms with Crippen molar-refractivity contribution in [3.63, 3.8) is 0 Å². The van der Waals surface area contributed by atoms with E-state index in [4.69, 9.17) is 15.6 Å². The van der Waals surface area contributed by atoms with E-state index in [1.54, 1.807) is 6.07 Å². The lowest BCUT2D eigenvalue weighted by molar-refractivity contribution is -0.0244. The second kappa shape index (κ2) is 5.07. The Morgan fingerprint density at radius 1 is 1.40 bits per heavy atom. The Labute approximate surface area is 127 Å². The first-order chi connectivity index (χ1) is 9.54. The second-order valence-electron chi connectivity index (χ2n) is 4.58. The molecule has 1 aliphatic heterocycles. The van der Waals surface area contributed by atoms with Crippen LogP contribution in [0.3, 0.4) is 0 Å². The number of halogens is 1. The number of hydrogen-bond acceptors (Lipinski definition) is 7. The monoisotopic (exact) mass is 392 g/mol. The van der Waals surface area contributed by atoms with E-state index in [1.807, 2.05) is 0 Å². The first kappa shape index (κ1) is 13.9. The van der Waals surface area contributed by atoms with Gasteiger partial charge in [0.25, 0.3) is 0 Å². The first-order valence-corrected chi connectivity index (χ1v) is 7.02. The molecule has 4 atom stereocenters. The highest BCUT2D eigenvalue weighted by Gasteiger charge is 2.44. The zero-order valence-electron chi connectivity index (χ0n) is 10.2. The minimum Gasteiger partial charge on any atom is -0.394 e. The molecule has 0 saturated carbocycles. The Bertz CT molecular complexity index is 649. The maximum absolute atomic E-state index is 10.1. The molecule has 0 spiro atoms. The molecular formula is C11H13IN4O4. The van der Waals surface area contributed by atoms with E-state index in [1.165, 1.54) is 10.8 Å². The van der Waals surface area contributed by atoms with Crippen molar-refractivity contribution < 1.29 is 20.1 Å². The minimum atomic E-state index is -1.15. The van der Waals surface area contributed by atoms with Crippen LogP contribution < -0.4 is 5.73 Å². The lowest BCUT2D eigenvalue weighted by Crippen LogP contribution is -2.32. The van der Waals surface area contributed by atoms with Gasteiger partial charge in [-0.1, -0.05) is 0 Å². The molecule has 5 N–H and O–H groups in total. The number of rotatable bonds is 2.